The van der Waals surface area contributed by atoms with Crippen LogP contribution in [-0.4, -0.2) is 11.7 Å². The maximum absolute atomic E-state index is 12.4. The normalized spacial score (nSPS) is 10.4. The molecule has 2 aromatic rings. The fourth-order valence-electron chi connectivity index (χ4n) is 1.87. The molecule has 0 unspecified atom stereocenters. The van der Waals surface area contributed by atoms with Crippen molar-refractivity contribution >= 4 is 23.0 Å². The van der Waals surface area contributed by atoms with E-state index >= 15 is 0 Å². The number of thiocarbonyl (C=S) groups is 1. The van der Waals surface area contributed by atoms with Gasteiger partial charge in [0.2, 0.25) is 0 Å². The minimum absolute atomic E-state index is 0.0684. The van der Waals surface area contributed by atoms with Gasteiger partial charge in [-0.05, 0) is 42.4 Å². The minimum atomic E-state index is -2.88. The van der Waals surface area contributed by atoms with Crippen LogP contribution < -0.4 is 15.4 Å². The Bertz CT molecular complexity index is 635. The van der Waals surface area contributed by atoms with Crippen molar-refractivity contribution in [3.05, 3.63) is 59.7 Å². The zero-order chi connectivity index (χ0) is 15.9. The first-order valence-corrected chi connectivity index (χ1v) is 7.09. The number of nitrogens with one attached hydrogen (secondary N) is 2. The zero-order valence-electron chi connectivity index (χ0n) is 12.0. The van der Waals surface area contributed by atoms with E-state index in [0.29, 0.717) is 17.3 Å². The van der Waals surface area contributed by atoms with Crippen LogP contribution >= 0.6 is 12.2 Å². The fourth-order valence-corrected chi connectivity index (χ4v) is 2.05. The first-order valence-electron chi connectivity index (χ1n) is 6.69. The molecule has 0 bridgehead atoms. The van der Waals surface area contributed by atoms with Gasteiger partial charge < -0.3 is 15.4 Å². The van der Waals surface area contributed by atoms with E-state index in [1.807, 2.05) is 30.3 Å². The van der Waals surface area contributed by atoms with E-state index in [0.717, 1.165) is 11.1 Å². The summed E-state index contributed by atoms with van der Waals surface area (Å²) in [5.74, 6) is 0.0684. The van der Waals surface area contributed by atoms with Crippen molar-refractivity contribution in [1.82, 2.24) is 5.32 Å². The van der Waals surface area contributed by atoms with Crippen molar-refractivity contribution in [1.29, 1.82) is 0 Å². The molecule has 0 atom stereocenters. The maximum atomic E-state index is 12.4. The number of rotatable bonds is 5. The lowest BCUT2D eigenvalue weighted by Crippen LogP contribution is -2.28. The van der Waals surface area contributed by atoms with Crippen LogP contribution in [0.25, 0.3) is 0 Å². The van der Waals surface area contributed by atoms with Crippen LogP contribution in [0.5, 0.6) is 5.75 Å². The molecule has 2 N–H and O–H groups in total. The van der Waals surface area contributed by atoms with Crippen LogP contribution in [0, 0.1) is 6.92 Å². The molecule has 0 fully saturated rings. The highest BCUT2D eigenvalue weighted by Crippen LogP contribution is 2.27. The van der Waals surface area contributed by atoms with Crippen LogP contribution in [0.15, 0.2) is 48.5 Å². The molecular weight excluding hydrogens is 306 g/mol. The second-order valence-electron chi connectivity index (χ2n) is 4.67. The van der Waals surface area contributed by atoms with Gasteiger partial charge in [-0.1, -0.05) is 36.4 Å². The van der Waals surface area contributed by atoms with Crippen molar-refractivity contribution in [2.24, 2.45) is 0 Å². The summed E-state index contributed by atoms with van der Waals surface area (Å²) in [6, 6.07) is 14.7. The number of alkyl halides is 2. The number of anilines is 1. The van der Waals surface area contributed by atoms with Crippen molar-refractivity contribution in [3.8, 4) is 5.75 Å². The summed E-state index contributed by atoms with van der Waals surface area (Å²) in [4.78, 5) is 0. The van der Waals surface area contributed by atoms with Crippen LogP contribution in [-0.2, 0) is 6.54 Å². The number of hydrogen-bond donors (Lipinski definition) is 2. The molecule has 0 heterocycles. The monoisotopic (exact) mass is 322 g/mol. The highest BCUT2D eigenvalue weighted by molar-refractivity contribution is 7.80. The van der Waals surface area contributed by atoms with Crippen molar-refractivity contribution < 1.29 is 13.5 Å². The van der Waals surface area contributed by atoms with Crippen LogP contribution in [0.2, 0.25) is 0 Å². The van der Waals surface area contributed by atoms with E-state index < -0.39 is 6.61 Å². The predicted molar refractivity (Wildman–Crippen MR) is 87.3 cm³/mol. The molecule has 6 heteroatoms. The van der Waals surface area contributed by atoms with Crippen molar-refractivity contribution in [2.75, 3.05) is 5.32 Å². The third-order valence-corrected chi connectivity index (χ3v) is 3.14. The van der Waals surface area contributed by atoms with E-state index in [9.17, 15) is 8.78 Å². The molecule has 0 amide bonds. The molecule has 3 nitrogen and oxygen atoms in total. The van der Waals surface area contributed by atoms with Crippen LogP contribution in [0.1, 0.15) is 11.1 Å². The maximum Gasteiger partial charge on any atom is 0.387 e. The van der Waals surface area contributed by atoms with Crippen molar-refractivity contribution in [2.45, 2.75) is 20.1 Å². The topological polar surface area (TPSA) is 33.3 Å². The molecule has 2 aromatic carbocycles. The Morgan fingerprint density at radius 3 is 2.59 bits per heavy atom. The number of halogens is 2. The molecule has 0 aliphatic carbocycles. The Morgan fingerprint density at radius 2 is 1.91 bits per heavy atom. The lowest BCUT2D eigenvalue weighted by molar-refractivity contribution is -0.0493. The van der Waals surface area contributed by atoms with E-state index in [2.05, 4.69) is 15.4 Å². The van der Waals surface area contributed by atoms with Gasteiger partial charge in [-0.15, -0.1) is 0 Å². The van der Waals surface area contributed by atoms with Crippen LogP contribution in [0.4, 0.5) is 14.5 Å². The Hall–Kier alpha value is -2.21. The van der Waals surface area contributed by atoms with Gasteiger partial charge in [-0.3, -0.25) is 0 Å². The molecule has 0 aliphatic rings. The third kappa shape index (κ3) is 4.96. The van der Waals surface area contributed by atoms with Gasteiger partial charge in [-0.2, -0.15) is 8.78 Å². The number of ether oxygens (including phenoxy) is 1. The third-order valence-electron chi connectivity index (χ3n) is 2.90. The van der Waals surface area contributed by atoms with Gasteiger partial charge >= 0.3 is 6.61 Å². The highest BCUT2D eigenvalue weighted by Gasteiger charge is 2.11. The van der Waals surface area contributed by atoms with Crippen molar-refractivity contribution in [3.63, 3.8) is 0 Å². The molecule has 0 saturated carbocycles. The molecule has 0 radical (unpaired) electrons. The van der Waals surface area contributed by atoms with Crippen LogP contribution in [0.3, 0.4) is 0 Å². The van der Waals surface area contributed by atoms with E-state index in [1.54, 1.807) is 19.1 Å². The molecule has 22 heavy (non-hydrogen) atoms. The molecule has 116 valence electrons. The summed E-state index contributed by atoms with van der Waals surface area (Å²) in [6.07, 6.45) is 0. The second-order valence-corrected chi connectivity index (χ2v) is 5.08. The van der Waals surface area contributed by atoms with E-state index in [4.69, 9.17) is 12.2 Å². The number of benzene rings is 2. The molecule has 0 aliphatic heterocycles. The average molecular weight is 322 g/mol. The smallest absolute Gasteiger partial charge is 0.387 e. The molecule has 0 aromatic heterocycles. The summed E-state index contributed by atoms with van der Waals surface area (Å²) < 4.78 is 29.4. The number of aryl methyl sites for hydroxylation is 1. The Labute approximate surface area is 133 Å². The SMILES string of the molecule is Cc1ccc(NC(=S)NCc2ccccc2)c(OC(F)F)c1. The summed E-state index contributed by atoms with van der Waals surface area (Å²) in [6.45, 7) is -0.536. The van der Waals surface area contributed by atoms with Gasteiger partial charge in [0, 0.05) is 6.54 Å². The van der Waals surface area contributed by atoms with Gasteiger partial charge in [-0.25, -0.2) is 0 Å². The van der Waals surface area contributed by atoms with Gasteiger partial charge in [0.05, 0.1) is 5.69 Å². The Morgan fingerprint density at radius 1 is 1.18 bits per heavy atom. The second kappa shape index (κ2) is 7.70. The Kier molecular flexibility index (Phi) is 5.66. The van der Waals surface area contributed by atoms with E-state index in [1.165, 1.54) is 6.07 Å². The van der Waals surface area contributed by atoms with E-state index in [-0.39, 0.29) is 5.75 Å². The largest absolute Gasteiger partial charge is 0.433 e. The molecule has 0 saturated heterocycles. The minimum Gasteiger partial charge on any atom is -0.433 e. The Balaban J connectivity index is 1.99. The number of hydrogen-bond acceptors (Lipinski definition) is 2. The van der Waals surface area contributed by atoms with Gasteiger partial charge in [0.1, 0.15) is 5.75 Å². The summed E-state index contributed by atoms with van der Waals surface area (Å²) in [5, 5.41) is 6.23. The standard InChI is InChI=1S/C16H16F2N2OS/c1-11-7-8-13(14(9-11)21-15(17)18)20-16(22)19-10-12-5-3-2-4-6-12/h2-9,15H,10H2,1H3,(H2,19,20,22). The summed E-state index contributed by atoms with van der Waals surface area (Å²) in [5.41, 5.74) is 2.29. The fraction of sp³-hybridized carbons (Fsp3) is 0.188. The molecule has 2 rings (SSSR count). The summed E-state index contributed by atoms with van der Waals surface area (Å²) in [7, 11) is 0. The van der Waals surface area contributed by atoms with Gasteiger partial charge in [0.15, 0.2) is 5.11 Å². The highest BCUT2D eigenvalue weighted by atomic mass is 32.1. The van der Waals surface area contributed by atoms with Gasteiger partial charge in [0.25, 0.3) is 0 Å². The average Bonchev–Trinajstić information content (AvgIpc) is 2.48. The quantitative estimate of drug-likeness (QED) is 0.813. The predicted octanol–water partition coefficient (Wildman–Crippen LogP) is 4.08. The molecular formula is C16H16F2N2OS. The first-order chi connectivity index (χ1) is 10.5. The lowest BCUT2D eigenvalue weighted by atomic mass is 10.2. The lowest BCUT2D eigenvalue weighted by Gasteiger charge is -2.15. The summed E-state index contributed by atoms with van der Waals surface area (Å²) >= 11 is 5.18. The first kappa shape index (κ1) is 16.2. The zero-order valence-corrected chi connectivity index (χ0v) is 12.8. The molecule has 0 spiro atoms.